The predicted molar refractivity (Wildman–Crippen MR) is 99.0 cm³/mol. The van der Waals surface area contributed by atoms with E-state index in [1.54, 1.807) is 25.3 Å². The number of nitrogens with zero attached hydrogens (tertiary/aromatic N) is 2. The van der Waals surface area contributed by atoms with E-state index in [9.17, 15) is 9.59 Å². The summed E-state index contributed by atoms with van der Waals surface area (Å²) in [6.07, 6.45) is 3.90. The lowest BCUT2D eigenvalue weighted by Gasteiger charge is -2.36. The zero-order chi connectivity index (χ0) is 16.9. The van der Waals surface area contributed by atoms with Gasteiger partial charge in [-0.25, -0.2) is 0 Å². The van der Waals surface area contributed by atoms with Gasteiger partial charge in [-0.2, -0.15) is 0 Å². The average Bonchev–Trinajstić information content (AvgIpc) is 2.63. The second kappa shape index (κ2) is 8.74. The molecule has 0 radical (unpaired) electrons. The number of pyridine rings is 1. The Morgan fingerprint density at radius 2 is 2.00 bits per heavy atom. The number of nitrogens with one attached hydrogen (secondary N) is 1. The molecule has 1 aliphatic heterocycles. The second-order valence-electron chi connectivity index (χ2n) is 6.02. The number of aromatic nitrogens is 1. The van der Waals surface area contributed by atoms with E-state index in [1.165, 1.54) is 0 Å². The zero-order valence-electron chi connectivity index (χ0n) is 14.1. The summed E-state index contributed by atoms with van der Waals surface area (Å²) >= 11 is 0. The largest absolute Gasteiger partial charge is 0.333 e. The van der Waals surface area contributed by atoms with Gasteiger partial charge in [0.05, 0.1) is 12.5 Å². The first-order valence-corrected chi connectivity index (χ1v) is 8.15. The van der Waals surface area contributed by atoms with E-state index in [0.29, 0.717) is 18.5 Å². The van der Waals surface area contributed by atoms with Crippen LogP contribution in [0.15, 0.2) is 48.8 Å². The molecule has 3 rings (SSSR count). The molecular formula is C19H22ClN3O2. The number of benzene rings is 1. The van der Waals surface area contributed by atoms with Gasteiger partial charge in [0.25, 0.3) is 0 Å². The molecule has 1 fully saturated rings. The van der Waals surface area contributed by atoms with Crippen LogP contribution in [0.5, 0.6) is 0 Å². The molecule has 2 heterocycles. The van der Waals surface area contributed by atoms with Crippen LogP contribution in [0.2, 0.25) is 0 Å². The highest BCUT2D eigenvalue weighted by molar-refractivity contribution is 5.94. The van der Waals surface area contributed by atoms with Crippen molar-refractivity contribution in [1.29, 1.82) is 0 Å². The van der Waals surface area contributed by atoms with E-state index in [4.69, 9.17) is 0 Å². The Morgan fingerprint density at radius 1 is 1.24 bits per heavy atom. The van der Waals surface area contributed by atoms with Gasteiger partial charge in [-0.15, -0.1) is 12.4 Å². The fraction of sp³-hybridized carbons (Fsp3) is 0.316. The van der Waals surface area contributed by atoms with Crippen LogP contribution >= 0.6 is 12.4 Å². The number of hydrogen-bond donors (Lipinski definition) is 1. The minimum Gasteiger partial charge on any atom is -0.333 e. The van der Waals surface area contributed by atoms with Crippen molar-refractivity contribution < 1.29 is 9.59 Å². The van der Waals surface area contributed by atoms with Crippen molar-refractivity contribution in [3.63, 3.8) is 0 Å². The molecule has 25 heavy (non-hydrogen) atoms. The van der Waals surface area contributed by atoms with Gasteiger partial charge in [-0.1, -0.05) is 30.3 Å². The van der Waals surface area contributed by atoms with Crippen LogP contribution in [0.25, 0.3) is 0 Å². The predicted octanol–water partition coefficient (Wildman–Crippen LogP) is 2.42. The quantitative estimate of drug-likeness (QED) is 0.852. The second-order valence-corrected chi connectivity index (χ2v) is 6.02. The van der Waals surface area contributed by atoms with Crippen LogP contribution in [0.4, 0.5) is 0 Å². The van der Waals surface area contributed by atoms with Crippen molar-refractivity contribution in [1.82, 2.24) is 15.2 Å². The van der Waals surface area contributed by atoms with Gasteiger partial charge >= 0.3 is 0 Å². The summed E-state index contributed by atoms with van der Waals surface area (Å²) in [5.74, 6) is 0.132. The van der Waals surface area contributed by atoms with Crippen molar-refractivity contribution in [2.24, 2.45) is 0 Å². The number of carbonyl (C=O) groups excluding carboxylic acids is 2. The third kappa shape index (κ3) is 4.65. The van der Waals surface area contributed by atoms with Crippen molar-refractivity contribution in [2.75, 3.05) is 19.6 Å². The number of Topliss-reactive ketones (excluding diaryl/α,β-unsaturated/α-hetero) is 1. The number of ketones is 1. The standard InChI is InChI=1S/C19H21N3O2.ClH/c1-14(23)16-6-4-15(5-7-16)11-19(24)22-10-9-21-13-18(22)17-3-2-8-20-12-17;/h2-8,12,18,21H,9-11,13H2,1H3;1H. The Hall–Kier alpha value is -2.24. The average molecular weight is 360 g/mol. The molecule has 0 bridgehead atoms. The third-order valence-corrected chi connectivity index (χ3v) is 4.35. The number of amides is 1. The normalized spacial score (nSPS) is 16.8. The number of halogens is 1. The Morgan fingerprint density at radius 3 is 2.64 bits per heavy atom. The molecule has 1 amide bonds. The SMILES string of the molecule is CC(=O)c1ccc(CC(=O)N2CCNCC2c2cccnc2)cc1.Cl. The summed E-state index contributed by atoms with van der Waals surface area (Å²) < 4.78 is 0. The van der Waals surface area contributed by atoms with E-state index in [2.05, 4.69) is 10.3 Å². The molecular weight excluding hydrogens is 338 g/mol. The number of hydrogen-bond acceptors (Lipinski definition) is 4. The lowest BCUT2D eigenvalue weighted by molar-refractivity contribution is -0.133. The molecule has 132 valence electrons. The molecule has 2 aromatic rings. The highest BCUT2D eigenvalue weighted by Crippen LogP contribution is 2.22. The summed E-state index contributed by atoms with van der Waals surface area (Å²) in [6.45, 7) is 3.76. The molecule has 0 aliphatic carbocycles. The lowest BCUT2D eigenvalue weighted by Crippen LogP contribution is -2.49. The van der Waals surface area contributed by atoms with Crippen LogP contribution in [0.1, 0.15) is 34.5 Å². The van der Waals surface area contributed by atoms with Crippen LogP contribution in [0, 0.1) is 0 Å². The molecule has 0 saturated carbocycles. The van der Waals surface area contributed by atoms with Crippen molar-refractivity contribution >= 4 is 24.1 Å². The zero-order valence-corrected chi connectivity index (χ0v) is 15.0. The molecule has 5 nitrogen and oxygen atoms in total. The van der Waals surface area contributed by atoms with E-state index in [0.717, 1.165) is 24.2 Å². The van der Waals surface area contributed by atoms with Gasteiger partial charge in [-0.3, -0.25) is 14.6 Å². The number of piperazine rings is 1. The smallest absolute Gasteiger partial charge is 0.227 e. The summed E-state index contributed by atoms with van der Waals surface area (Å²) in [6, 6.07) is 11.2. The van der Waals surface area contributed by atoms with Crippen LogP contribution < -0.4 is 5.32 Å². The molecule has 1 aromatic carbocycles. The Balaban J connectivity index is 0.00000225. The fourth-order valence-electron chi connectivity index (χ4n) is 3.01. The van der Waals surface area contributed by atoms with Gasteiger partial charge in [0.1, 0.15) is 0 Å². The molecule has 1 aromatic heterocycles. The van der Waals surface area contributed by atoms with Gasteiger partial charge < -0.3 is 10.2 Å². The van der Waals surface area contributed by atoms with Crippen molar-refractivity contribution in [2.45, 2.75) is 19.4 Å². The maximum atomic E-state index is 12.8. The molecule has 1 atom stereocenters. The van der Waals surface area contributed by atoms with E-state index < -0.39 is 0 Å². The molecule has 6 heteroatoms. The molecule has 0 spiro atoms. The Kier molecular flexibility index (Phi) is 6.67. The first-order valence-electron chi connectivity index (χ1n) is 8.15. The molecule has 1 aliphatic rings. The highest BCUT2D eigenvalue weighted by atomic mass is 35.5. The van der Waals surface area contributed by atoms with Gasteiger partial charge in [0.15, 0.2) is 5.78 Å². The Bertz CT molecular complexity index is 719. The first kappa shape index (κ1) is 19.1. The highest BCUT2D eigenvalue weighted by Gasteiger charge is 2.27. The van der Waals surface area contributed by atoms with Gasteiger partial charge in [0.2, 0.25) is 5.91 Å². The van der Waals surface area contributed by atoms with Crippen LogP contribution in [-0.2, 0) is 11.2 Å². The maximum Gasteiger partial charge on any atom is 0.227 e. The topological polar surface area (TPSA) is 62.3 Å². The van der Waals surface area contributed by atoms with E-state index in [-0.39, 0.29) is 30.1 Å². The molecule has 1 saturated heterocycles. The van der Waals surface area contributed by atoms with E-state index in [1.807, 2.05) is 35.4 Å². The minimum absolute atomic E-state index is 0. The minimum atomic E-state index is 0. The maximum absolute atomic E-state index is 12.8. The summed E-state index contributed by atoms with van der Waals surface area (Å²) in [5.41, 5.74) is 2.64. The summed E-state index contributed by atoms with van der Waals surface area (Å²) in [4.78, 5) is 30.2. The monoisotopic (exact) mass is 359 g/mol. The lowest BCUT2D eigenvalue weighted by atomic mass is 10.0. The third-order valence-electron chi connectivity index (χ3n) is 4.35. The van der Waals surface area contributed by atoms with Gasteiger partial charge in [-0.05, 0) is 24.1 Å². The van der Waals surface area contributed by atoms with Crippen molar-refractivity contribution in [3.8, 4) is 0 Å². The first-order chi connectivity index (χ1) is 11.6. The van der Waals surface area contributed by atoms with Crippen LogP contribution in [-0.4, -0.2) is 41.2 Å². The summed E-state index contributed by atoms with van der Waals surface area (Å²) in [7, 11) is 0. The van der Waals surface area contributed by atoms with Crippen LogP contribution in [0.3, 0.4) is 0 Å². The molecule has 1 unspecified atom stereocenters. The van der Waals surface area contributed by atoms with Gasteiger partial charge in [0, 0.05) is 37.6 Å². The summed E-state index contributed by atoms with van der Waals surface area (Å²) in [5, 5.41) is 3.34. The number of carbonyl (C=O) groups is 2. The fourth-order valence-corrected chi connectivity index (χ4v) is 3.01. The molecule has 1 N–H and O–H groups in total. The number of rotatable bonds is 4. The Labute approximate surface area is 153 Å². The van der Waals surface area contributed by atoms with Crippen molar-refractivity contribution in [3.05, 3.63) is 65.5 Å². The van der Waals surface area contributed by atoms with E-state index >= 15 is 0 Å².